The smallest absolute Gasteiger partial charge is 0.0524 e. The van der Waals surface area contributed by atoms with Crippen LogP contribution in [0.5, 0.6) is 0 Å². The van der Waals surface area contributed by atoms with Crippen molar-refractivity contribution < 1.29 is 5.11 Å². The lowest BCUT2D eigenvalue weighted by molar-refractivity contribution is 0.182. The monoisotopic (exact) mass is 275 g/mol. The van der Waals surface area contributed by atoms with Crippen LogP contribution in [0, 0.1) is 0 Å². The predicted octanol–water partition coefficient (Wildman–Crippen LogP) is 3.81. The van der Waals surface area contributed by atoms with Gasteiger partial charge in [0.05, 0.1) is 6.10 Å². The first-order valence-corrected chi connectivity index (χ1v) is 6.66. The minimum absolute atomic E-state index is 0.207. The second-order valence-electron chi connectivity index (χ2n) is 4.22. The highest BCUT2D eigenvalue weighted by atomic mass is 35.5. The van der Waals surface area contributed by atoms with Gasteiger partial charge in [-0.05, 0) is 44.0 Å². The summed E-state index contributed by atoms with van der Waals surface area (Å²) in [5.41, 5.74) is 1.06. The van der Waals surface area contributed by atoms with Gasteiger partial charge >= 0.3 is 0 Å². The fourth-order valence-electron chi connectivity index (χ4n) is 1.72. The molecule has 2 nitrogen and oxygen atoms in total. The minimum atomic E-state index is -0.277. The van der Waals surface area contributed by atoms with Crippen molar-refractivity contribution in [2.24, 2.45) is 0 Å². The topological polar surface area (TPSA) is 32.3 Å². The normalized spacial score (nSPS) is 14.6. The van der Waals surface area contributed by atoms with Crippen molar-refractivity contribution in [2.45, 2.75) is 38.8 Å². The Morgan fingerprint density at radius 1 is 1.35 bits per heavy atom. The molecule has 0 bridgehead atoms. The van der Waals surface area contributed by atoms with Crippen LogP contribution in [0.3, 0.4) is 0 Å². The van der Waals surface area contributed by atoms with E-state index in [-0.39, 0.29) is 12.1 Å². The van der Waals surface area contributed by atoms with Crippen molar-refractivity contribution in [1.82, 2.24) is 5.32 Å². The van der Waals surface area contributed by atoms with Gasteiger partial charge in [0.15, 0.2) is 0 Å². The summed E-state index contributed by atoms with van der Waals surface area (Å²) < 4.78 is 0. The van der Waals surface area contributed by atoms with Crippen LogP contribution in [0.2, 0.25) is 10.0 Å². The van der Waals surface area contributed by atoms with Gasteiger partial charge < -0.3 is 10.4 Å². The first-order valence-electron chi connectivity index (χ1n) is 5.91. The zero-order valence-corrected chi connectivity index (χ0v) is 11.7. The van der Waals surface area contributed by atoms with Gasteiger partial charge in [0.25, 0.3) is 0 Å². The summed E-state index contributed by atoms with van der Waals surface area (Å²) in [6.07, 6.45) is 1.41. The molecule has 17 heavy (non-hydrogen) atoms. The average molecular weight is 276 g/mol. The Hall–Kier alpha value is -0.280. The maximum absolute atomic E-state index is 9.22. The average Bonchev–Trinajstić information content (AvgIpc) is 2.25. The maximum Gasteiger partial charge on any atom is 0.0524 e. The van der Waals surface area contributed by atoms with E-state index in [2.05, 4.69) is 12.2 Å². The molecule has 0 aromatic heterocycles. The third kappa shape index (κ3) is 4.84. The standard InChI is InChI=1S/C13H19Cl2NO/c1-3-13(16-7-6-9(2)17)11-5-4-10(14)8-12(11)15/h4-5,8-9,13,16-17H,3,6-7H2,1-2H3. The second-order valence-corrected chi connectivity index (χ2v) is 5.06. The molecule has 0 saturated carbocycles. The molecule has 1 aromatic carbocycles. The number of nitrogens with one attached hydrogen (secondary N) is 1. The van der Waals surface area contributed by atoms with Crippen molar-refractivity contribution in [3.05, 3.63) is 33.8 Å². The summed E-state index contributed by atoms with van der Waals surface area (Å²) in [6, 6.07) is 5.77. The third-order valence-electron chi connectivity index (χ3n) is 2.70. The number of aliphatic hydroxyl groups is 1. The molecule has 0 fully saturated rings. The van der Waals surface area contributed by atoms with Crippen LogP contribution in [0.25, 0.3) is 0 Å². The number of rotatable bonds is 6. The Labute approximate surface area is 113 Å². The van der Waals surface area contributed by atoms with Crippen LogP contribution in [-0.2, 0) is 0 Å². The van der Waals surface area contributed by atoms with Crippen molar-refractivity contribution in [1.29, 1.82) is 0 Å². The predicted molar refractivity (Wildman–Crippen MR) is 73.8 cm³/mol. The van der Waals surface area contributed by atoms with Gasteiger partial charge in [0.1, 0.15) is 0 Å². The molecule has 0 saturated heterocycles. The molecule has 0 aliphatic rings. The summed E-state index contributed by atoms with van der Waals surface area (Å²) >= 11 is 12.0. The maximum atomic E-state index is 9.22. The van der Waals surface area contributed by atoms with E-state index in [9.17, 15) is 5.11 Å². The lowest BCUT2D eigenvalue weighted by atomic mass is 10.0. The molecule has 2 N–H and O–H groups in total. The molecule has 0 amide bonds. The van der Waals surface area contributed by atoms with E-state index in [1.807, 2.05) is 12.1 Å². The minimum Gasteiger partial charge on any atom is -0.393 e. The SMILES string of the molecule is CCC(NCCC(C)O)c1ccc(Cl)cc1Cl. The van der Waals surface area contributed by atoms with Crippen LogP contribution in [-0.4, -0.2) is 17.8 Å². The molecule has 96 valence electrons. The number of halogens is 2. The highest BCUT2D eigenvalue weighted by molar-refractivity contribution is 6.35. The Bertz CT molecular complexity index is 355. The molecule has 0 spiro atoms. The molecule has 0 aliphatic carbocycles. The van der Waals surface area contributed by atoms with Gasteiger partial charge in [-0.2, -0.15) is 0 Å². The zero-order chi connectivity index (χ0) is 12.8. The lowest BCUT2D eigenvalue weighted by Gasteiger charge is -2.19. The molecule has 1 aromatic rings. The summed E-state index contributed by atoms with van der Waals surface area (Å²) in [6.45, 7) is 4.66. The van der Waals surface area contributed by atoms with Crippen LogP contribution < -0.4 is 5.32 Å². The van der Waals surface area contributed by atoms with E-state index in [0.717, 1.165) is 24.9 Å². The quantitative estimate of drug-likeness (QED) is 0.828. The first-order chi connectivity index (χ1) is 8.04. The number of hydrogen-bond acceptors (Lipinski definition) is 2. The van der Waals surface area contributed by atoms with Crippen molar-refractivity contribution in [3.63, 3.8) is 0 Å². The fourth-order valence-corrected chi connectivity index (χ4v) is 2.26. The van der Waals surface area contributed by atoms with Crippen LogP contribution in [0.15, 0.2) is 18.2 Å². The second kappa shape index (κ2) is 7.22. The number of aliphatic hydroxyl groups excluding tert-OH is 1. The highest BCUT2D eigenvalue weighted by Gasteiger charge is 2.12. The largest absolute Gasteiger partial charge is 0.393 e. The van der Waals surface area contributed by atoms with Gasteiger partial charge in [-0.1, -0.05) is 36.2 Å². The summed E-state index contributed by atoms with van der Waals surface area (Å²) in [5, 5.41) is 13.9. The Kier molecular flexibility index (Phi) is 6.28. The Morgan fingerprint density at radius 2 is 2.06 bits per heavy atom. The van der Waals surface area contributed by atoms with E-state index in [4.69, 9.17) is 23.2 Å². The molecule has 0 heterocycles. The fraction of sp³-hybridized carbons (Fsp3) is 0.538. The van der Waals surface area contributed by atoms with Gasteiger partial charge in [-0.3, -0.25) is 0 Å². The molecule has 2 atom stereocenters. The molecule has 4 heteroatoms. The lowest BCUT2D eigenvalue weighted by Crippen LogP contribution is -2.24. The summed E-state index contributed by atoms with van der Waals surface area (Å²) in [5.74, 6) is 0. The van der Waals surface area contributed by atoms with E-state index < -0.39 is 0 Å². The van der Waals surface area contributed by atoms with Gasteiger partial charge in [0, 0.05) is 16.1 Å². The third-order valence-corrected chi connectivity index (χ3v) is 3.26. The Balaban J connectivity index is 2.66. The number of hydrogen-bond donors (Lipinski definition) is 2. The molecular weight excluding hydrogens is 257 g/mol. The van der Waals surface area contributed by atoms with Crippen molar-refractivity contribution in [2.75, 3.05) is 6.54 Å². The first kappa shape index (κ1) is 14.8. The van der Waals surface area contributed by atoms with E-state index in [0.29, 0.717) is 10.0 Å². The van der Waals surface area contributed by atoms with Crippen LogP contribution >= 0.6 is 23.2 Å². The van der Waals surface area contributed by atoms with E-state index >= 15 is 0 Å². The van der Waals surface area contributed by atoms with Crippen molar-refractivity contribution in [3.8, 4) is 0 Å². The van der Waals surface area contributed by atoms with Gasteiger partial charge in [-0.15, -0.1) is 0 Å². The van der Waals surface area contributed by atoms with E-state index in [1.54, 1.807) is 13.0 Å². The van der Waals surface area contributed by atoms with Crippen LogP contribution in [0.4, 0.5) is 0 Å². The zero-order valence-electron chi connectivity index (χ0n) is 10.2. The molecule has 0 radical (unpaired) electrons. The Morgan fingerprint density at radius 3 is 2.59 bits per heavy atom. The number of benzene rings is 1. The summed E-state index contributed by atoms with van der Waals surface area (Å²) in [7, 11) is 0. The van der Waals surface area contributed by atoms with Gasteiger partial charge in [0.2, 0.25) is 0 Å². The van der Waals surface area contributed by atoms with Gasteiger partial charge in [-0.25, -0.2) is 0 Å². The molecule has 1 rings (SSSR count). The highest BCUT2D eigenvalue weighted by Crippen LogP contribution is 2.27. The molecule has 0 aliphatic heterocycles. The summed E-state index contributed by atoms with van der Waals surface area (Å²) in [4.78, 5) is 0. The molecular formula is C13H19Cl2NO. The van der Waals surface area contributed by atoms with Crippen molar-refractivity contribution >= 4 is 23.2 Å². The molecule has 2 unspecified atom stereocenters. The van der Waals surface area contributed by atoms with E-state index in [1.165, 1.54) is 0 Å². The van der Waals surface area contributed by atoms with Crippen LogP contribution in [0.1, 0.15) is 38.3 Å².